The predicted octanol–water partition coefficient (Wildman–Crippen LogP) is 4.32. The SMILES string of the molecule is CC(C)c1ccc(OCCC(=O)Nc2ccc(CCN(C)C)cc2)cc1. The molecule has 140 valence electrons. The molecule has 2 aromatic carbocycles. The number of likely N-dealkylation sites (N-methyl/N-ethyl adjacent to an activating group) is 1. The molecule has 4 heteroatoms. The fourth-order valence-corrected chi connectivity index (χ4v) is 2.54. The molecule has 0 heterocycles. The van der Waals surface area contributed by atoms with E-state index in [2.05, 4.69) is 62.4 Å². The highest BCUT2D eigenvalue weighted by Crippen LogP contribution is 2.18. The average molecular weight is 354 g/mol. The highest BCUT2D eigenvalue weighted by molar-refractivity contribution is 5.90. The van der Waals surface area contributed by atoms with Gasteiger partial charge in [-0.15, -0.1) is 0 Å². The van der Waals surface area contributed by atoms with Gasteiger partial charge in [-0.05, 0) is 61.8 Å². The first kappa shape index (κ1) is 20.0. The van der Waals surface area contributed by atoms with E-state index >= 15 is 0 Å². The van der Waals surface area contributed by atoms with E-state index in [0.717, 1.165) is 24.4 Å². The summed E-state index contributed by atoms with van der Waals surface area (Å²) in [5.41, 5.74) is 3.37. The van der Waals surface area contributed by atoms with Crippen molar-refractivity contribution in [2.45, 2.75) is 32.6 Å². The van der Waals surface area contributed by atoms with Crippen LogP contribution in [0.25, 0.3) is 0 Å². The van der Waals surface area contributed by atoms with Gasteiger partial charge in [0.15, 0.2) is 0 Å². The minimum absolute atomic E-state index is 0.0372. The first-order valence-electron chi connectivity index (χ1n) is 9.20. The van der Waals surface area contributed by atoms with Crippen LogP contribution in [0, 0.1) is 0 Å². The molecule has 1 amide bonds. The second-order valence-electron chi connectivity index (χ2n) is 7.12. The molecule has 0 aromatic heterocycles. The van der Waals surface area contributed by atoms with Crippen LogP contribution in [0.1, 0.15) is 37.3 Å². The van der Waals surface area contributed by atoms with Gasteiger partial charge < -0.3 is 15.0 Å². The van der Waals surface area contributed by atoms with Crippen LogP contribution in [-0.2, 0) is 11.2 Å². The summed E-state index contributed by atoms with van der Waals surface area (Å²) in [6, 6.07) is 16.1. The Morgan fingerprint density at radius 1 is 1.04 bits per heavy atom. The molecule has 0 aliphatic rings. The summed E-state index contributed by atoms with van der Waals surface area (Å²) in [5, 5.41) is 2.91. The maximum atomic E-state index is 12.0. The van der Waals surface area contributed by atoms with E-state index in [9.17, 15) is 4.79 Å². The van der Waals surface area contributed by atoms with Gasteiger partial charge in [0.25, 0.3) is 0 Å². The largest absolute Gasteiger partial charge is 0.493 e. The van der Waals surface area contributed by atoms with Gasteiger partial charge in [0.2, 0.25) is 5.91 Å². The number of nitrogens with zero attached hydrogens (tertiary/aromatic N) is 1. The zero-order valence-electron chi connectivity index (χ0n) is 16.3. The lowest BCUT2D eigenvalue weighted by atomic mass is 10.0. The molecular formula is C22H30N2O2. The van der Waals surface area contributed by atoms with Crippen LogP contribution < -0.4 is 10.1 Å². The molecule has 0 saturated heterocycles. The molecule has 4 nitrogen and oxygen atoms in total. The molecule has 0 bridgehead atoms. The van der Waals surface area contributed by atoms with Crippen LogP contribution in [0.3, 0.4) is 0 Å². The predicted molar refractivity (Wildman–Crippen MR) is 108 cm³/mol. The van der Waals surface area contributed by atoms with Gasteiger partial charge in [0, 0.05) is 12.2 Å². The van der Waals surface area contributed by atoms with Crippen LogP contribution in [0.4, 0.5) is 5.69 Å². The standard InChI is InChI=1S/C22H30N2O2/c1-17(2)19-7-11-21(12-8-19)26-16-14-22(25)23-20-9-5-18(6-10-20)13-15-24(3)4/h5-12,17H,13-16H2,1-4H3,(H,23,25). The van der Waals surface area contributed by atoms with E-state index in [1.54, 1.807) is 0 Å². The Morgan fingerprint density at radius 3 is 2.27 bits per heavy atom. The van der Waals surface area contributed by atoms with Gasteiger partial charge in [-0.1, -0.05) is 38.1 Å². The van der Waals surface area contributed by atoms with E-state index in [-0.39, 0.29) is 5.91 Å². The number of ether oxygens (including phenoxy) is 1. The van der Waals surface area contributed by atoms with Gasteiger partial charge in [-0.2, -0.15) is 0 Å². The van der Waals surface area contributed by atoms with Crippen molar-refractivity contribution in [2.75, 3.05) is 32.6 Å². The maximum Gasteiger partial charge on any atom is 0.227 e. The lowest BCUT2D eigenvalue weighted by Crippen LogP contribution is -2.16. The molecule has 0 aliphatic carbocycles. The van der Waals surface area contributed by atoms with Gasteiger partial charge in [-0.3, -0.25) is 4.79 Å². The van der Waals surface area contributed by atoms with Crippen molar-refractivity contribution in [1.82, 2.24) is 4.90 Å². The normalized spacial score (nSPS) is 11.0. The Balaban J connectivity index is 1.73. The van der Waals surface area contributed by atoms with E-state index in [4.69, 9.17) is 4.74 Å². The van der Waals surface area contributed by atoms with Crippen molar-refractivity contribution in [3.63, 3.8) is 0 Å². The van der Waals surface area contributed by atoms with Crippen molar-refractivity contribution >= 4 is 11.6 Å². The number of rotatable bonds is 9. The number of anilines is 1. The third-order valence-electron chi connectivity index (χ3n) is 4.23. The van der Waals surface area contributed by atoms with Crippen LogP contribution >= 0.6 is 0 Å². The smallest absolute Gasteiger partial charge is 0.227 e. The fourth-order valence-electron chi connectivity index (χ4n) is 2.54. The summed E-state index contributed by atoms with van der Waals surface area (Å²) in [6.07, 6.45) is 1.33. The summed E-state index contributed by atoms with van der Waals surface area (Å²) in [7, 11) is 4.13. The summed E-state index contributed by atoms with van der Waals surface area (Å²) in [6.45, 7) is 5.71. The Kier molecular flexibility index (Phi) is 7.67. The molecule has 0 unspecified atom stereocenters. The molecular weight excluding hydrogens is 324 g/mol. The number of benzene rings is 2. The van der Waals surface area contributed by atoms with Crippen LogP contribution in [0.2, 0.25) is 0 Å². The molecule has 2 aromatic rings. The maximum absolute atomic E-state index is 12.0. The molecule has 0 fully saturated rings. The minimum atomic E-state index is -0.0372. The highest BCUT2D eigenvalue weighted by atomic mass is 16.5. The zero-order valence-corrected chi connectivity index (χ0v) is 16.3. The third-order valence-corrected chi connectivity index (χ3v) is 4.23. The fraction of sp³-hybridized carbons (Fsp3) is 0.409. The van der Waals surface area contributed by atoms with Gasteiger partial charge in [0.1, 0.15) is 5.75 Å². The van der Waals surface area contributed by atoms with E-state index in [1.165, 1.54) is 11.1 Å². The Morgan fingerprint density at radius 2 is 1.69 bits per heavy atom. The molecule has 0 radical (unpaired) electrons. The van der Waals surface area contributed by atoms with Crippen molar-refractivity contribution in [3.05, 3.63) is 59.7 Å². The van der Waals surface area contributed by atoms with Crippen LogP contribution in [-0.4, -0.2) is 38.1 Å². The Hall–Kier alpha value is -2.33. The summed E-state index contributed by atoms with van der Waals surface area (Å²) < 4.78 is 5.66. The van der Waals surface area contributed by atoms with E-state index in [0.29, 0.717) is 18.9 Å². The summed E-state index contributed by atoms with van der Waals surface area (Å²) in [4.78, 5) is 14.2. The number of carbonyl (C=O) groups is 1. The van der Waals surface area contributed by atoms with Gasteiger partial charge in [-0.25, -0.2) is 0 Å². The summed E-state index contributed by atoms with van der Waals surface area (Å²) in [5.74, 6) is 1.27. The first-order chi connectivity index (χ1) is 12.4. The molecule has 0 spiro atoms. The van der Waals surface area contributed by atoms with Gasteiger partial charge >= 0.3 is 0 Å². The minimum Gasteiger partial charge on any atom is -0.493 e. The lowest BCUT2D eigenvalue weighted by Gasteiger charge is -2.11. The topological polar surface area (TPSA) is 41.6 Å². The molecule has 0 saturated carbocycles. The average Bonchev–Trinajstić information content (AvgIpc) is 2.61. The lowest BCUT2D eigenvalue weighted by molar-refractivity contribution is -0.116. The van der Waals surface area contributed by atoms with Crippen LogP contribution in [0.15, 0.2) is 48.5 Å². The number of carbonyl (C=O) groups excluding carboxylic acids is 1. The zero-order chi connectivity index (χ0) is 18.9. The third kappa shape index (κ3) is 6.89. The monoisotopic (exact) mass is 354 g/mol. The van der Waals surface area contributed by atoms with Crippen molar-refractivity contribution in [2.24, 2.45) is 0 Å². The van der Waals surface area contributed by atoms with Crippen molar-refractivity contribution in [1.29, 1.82) is 0 Å². The molecule has 0 aliphatic heterocycles. The van der Waals surface area contributed by atoms with Gasteiger partial charge in [0.05, 0.1) is 13.0 Å². The summed E-state index contributed by atoms with van der Waals surface area (Å²) >= 11 is 0. The number of nitrogens with one attached hydrogen (secondary N) is 1. The van der Waals surface area contributed by atoms with E-state index < -0.39 is 0 Å². The van der Waals surface area contributed by atoms with Crippen LogP contribution in [0.5, 0.6) is 5.75 Å². The van der Waals surface area contributed by atoms with E-state index in [1.807, 2.05) is 24.3 Å². The molecule has 1 N–H and O–H groups in total. The molecule has 0 atom stereocenters. The second-order valence-corrected chi connectivity index (χ2v) is 7.12. The molecule has 2 rings (SSSR count). The Labute approximate surface area is 157 Å². The number of hydrogen-bond acceptors (Lipinski definition) is 3. The van der Waals surface area contributed by atoms with Crippen molar-refractivity contribution in [3.8, 4) is 5.75 Å². The Bertz CT molecular complexity index is 676. The van der Waals surface area contributed by atoms with Crippen molar-refractivity contribution < 1.29 is 9.53 Å². The number of hydrogen-bond donors (Lipinski definition) is 1. The second kappa shape index (κ2) is 9.97. The quantitative estimate of drug-likeness (QED) is 0.729. The first-order valence-corrected chi connectivity index (χ1v) is 9.20. The highest BCUT2D eigenvalue weighted by Gasteiger charge is 2.04. The molecule has 26 heavy (non-hydrogen) atoms. The number of amides is 1.